The zero-order chi connectivity index (χ0) is 12.7. The predicted molar refractivity (Wildman–Crippen MR) is 74.8 cm³/mol. The number of rotatable bonds is 5. The molecule has 0 N–H and O–H groups in total. The molecule has 0 aliphatic carbocycles. The lowest BCUT2D eigenvalue weighted by atomic mass is 10.1. The van der Waals surface area contributed by atoms with Gasteiger partial charge in [-0.2, -0.15) is 0 Å². The quantitative estimate of drug-likeness (QED) is 0.453. The second kappa shape index (κ2) is 7.24. The van der Waals surface area contributed by atoms with E-state index in [1.54, 1.807) is 6.08 Å². The third-order valence-corrected chi connectivity index (χ3v) is 3.91. The van der Waals surface area contributed by atoms with Crippen LogP contribution in [0.5, 0.6) is 0 Å². The van der Waals surface area contributed by atoms with Crippen molar-refractivity contribution in [1.82, 2.24) is 0 Å². The maximum atomic E-state index is 10.9. The molecule has 1 rings (SSSR count). The molecule has 3 heteroatoms. The zero-order valence-electron chi connectivity index (χ0n) is 10.6. The third-order valence-electron chi connectivity index (χ3n) is 2.56. The molecule has 0 amide bonds. The highest BCUT2D eigenvalue weighted by Crippen LogP contribution is 2.33. The molecule has 17 heavy (non-hydrogen) atoms. The Bertz CT molecular complexity index is 382. The Morgan fingerprint density at radius 2 is 2.06 bits per heavy atom. The van der Waals surface area contributed by atoms with Crippen LogP contribution in [0.25, 0.3) is 6.08 Å². The number of ether oxygens (including phenoxy) is 1. The largest absolute Gasteiger partial charge is 0.466 e. The van der Waals surface area contributed by atoms with Crippen molar-refractivity contribution in [3.63, 3.8) is 0 Å². The molecule has 0 heterocycles. The van der Waals surface area contributed by atoms with Gasteiger partial charge in [-0.25, -0.2) is 4.79 Å². The Hall–Kier alpha value is -1.14. The lowest BCUT2D eigenvalue weighted by Crippen LogP contribution is -1.93. The van der Waals surface area contributed by atoms with Gasteiger partial charge in [0, 0.05) is 6.08 Å². The van der Waals surface area contributed by atoms with E-state index >= 15 is 0 Å². The maximum absolute atomic E-state index is 10.9. The number of carbonyl (C=O) groups is 1. The fourth-order valence-electron chi connectivity index (χ4n) is 1.55. The molecule has 0 aliphatic heterocycles. The van der Waals surface area contributed by atoms with Crippen molar-refractivity contribution < 1.29 is 9.53 Å². The molecule has 0 aromatic heterocycles. The highest BCUT2D eigenvalue weighted by molar-refractivity contribution is 7.38. The van der Waals surface area contributed by atoms with Crippen LogP contribution in [0, 0.1) is 0 Å². The first-order chi connectivity index (χ1) is 8.17. The molecule has 0 bridgehead atoms. The van der Waals surface area contributed by atoms with Crippen molar-refractivity contribution in [1.29, 1.82) is 0 Å². The van der Waals surface area contributed by atoms with E-state index in [2.05, 4.69) is 30.7 Å². The number of benzene rings is 1. The van der Waals surface area contributed by atoms with Crippen molar-refractivity contribution in [2.24, 2.45) is 0 Å². The van der Waals surface area contributed by atoms with Crippen molar-refractivity contribution in [2.75, 3.05) is 13.3 Å². The molecule has 0 saturated heterocycles. The van der Waals surface area contributed by atoms with E-state index < -0.39 is 0 Å². The van der Waals surface area contributed by atoms with Gasteiger partial charge in [0.1, 0.15) is 0 Å². The van der Waals surface area contributed by atoms with Gasteiger partial charge in [-0.3, -0.25) is 0 Å². The first-order valence-electron chi connectivity index (χ1n) is 5.76. The normalized spacial score (nSPS) is 13.4. The van der Waals surface area contributed by atoms with Gasteiger partial charge in [-0.1, -0.05) is 38.1 Å². The van der Waals surface area contributed by atoms with Gasteiger partial charge in [0.2, 0.25) is 0 Å². The van der Waals surface area contributed by atoms with Crippen LogP contribution < -0.4 is 0 Å². The Labute approximate surface area is 105 Å². The number of hydrogen-bond acceptors (Lipinski definition) is 2. The van der Waals surface area contributed by atoms with E-state index in [4.69, 9.17) is 0 Å². The van der Waals surface area contributed by atoms with Gasteiger partial charge in [-0.05, 0) is 29.0 Å². The summed E-state index contributed by atoms with van der Waals surface area (Å²) >= 11 is 0. The minimum absolute atomic E-state index is 0.324. The summed E-state index contributed by atoms with van der Waals surface area (Å²) in [5.41, 5.74) is 3.00. The number of hydrogen-bond donors (Lipinski definition) is 0. The number of carbonyl (C=O) groups excluding carboxylic acids is 1. The lowest BCUT2D eigenvalue weighted by Gasteiger charge is -2.10. The molecule has 1 aromatic rings. The van der Waals surface area contributed by atoms with Gasteiger partial charge >= 0.3 is 5.97 Å². The summed E-state index contributed by atoms with van der Waals surface area (Å²) in [5, 5.41) is 0. The first kappa shape index (κ1) is 13.9. The van der Waals surface area contributed by atoms with Crippen LogP contribution >= 0.6 is 8.58 Å². The molecular formula is C14H19O2P. The third kappa shape index (κ3) is 4.70. The average Bonchev–Trinajstić information content (AvgIpc) is 2.36. The number of esters is 1. The standard InChI is InChI=1S/C14H19O2P/c1-4-17-11(2)13-8-5-12(6-9-13)7-10-14(15)16-3/h5-11,17H,4H2,1-3H3/b10-7+. The topological polar surface area (TPSA) is 26.3 Å². The summed E-state index contributed by atoms with van der Waals surface area (Å²) in [5.74, 6) is -0.324. The van der Waals surface area contributed by atoms with Gasteiger partial charge < -0.3 is 4.74 Å². The van der Waals surface area contributed by atoms with Crippen molar-refractivity contribution in [3.05, 3.63) is 41.5 Å². The van der Waals surface area contributed by atoms with E-state index in [1.807, 2.05) is 12.1 Å². The van der Waals surface area contributed by atoms with Crippen LogP contribution in [0.4, 0.5) is 0 Å². The maximum Gasteiger partial charge on any atom is 0.330 e. The SMILES string of the molecule is CCPC(C)c1ccc(/C=C/C(=O)OC)cc1. The van der Waals surface area contributed by atoms with Crippen LogP contribution in [0.1, 0.15) is 30.6 Å². The van der Waals surface area contributed by atoms with E-state index in [-0.39, 0.29) is 5.97 Å². The molecule has 0 spiro atoms. The summed E-state index contributed by atoms with van der Waals surface area (Å²) < 4.78 is 4.54. The molecule has 0 fully saturated rings. The van der Waals surface area contributed by atoms with Gasteiger partial charge in [-0.15, -0.1) is 8.58 Å². The molecule has 2 atom stereocenters. The second-order valence-electron chi connectivity index (χ2n) is 3.80. The molecule has 0 radical (unpaired) electrons. The molecule has 2 nitrogen and oxygen atoms in total. The first-order valence-corrected chi connectivity index (χ1v) is 7.05. The molecular weight excluding hydrogens is 231 g/mol. The highest BCUT2D eigenvalue weighted by Gasteiger charge is 2.03. The second-order valence-corrected chi connectivity index (χ2v) is 5.78. The molecule has 0 saturated carbocycles. The summed E-state index contributed by atoms with van der Waals surface area (Å²) in [6.45, 7) is 4.46. The summed E-state index contributed by atoms with van der Waals surface area (Å²) in [6.07, 6.45) is 4.43. The van der Waals surface area contributed by atoms with E-state index in [0.29, 0.717) is 5.66 Å². The van der Waals surface area contributed by atoms with Crippen molar-refractivity contribution >= 4 is 20.6 Å². The zero-order valence-corrected chi connectivity index (χ0v) is 11.6. The fourth-order valence-corrected chi connectivity index (χ4v) is 2.59. The monoisotopic (exact) mass is 250 g/mol. The minimum atomic E-state index is -0.324. The van der Waals surface area contributed by atoms with Gasteiger partial charge in [0.25, 0.3) is 0 Å². The summed E-state index contributed by atoms with van der Waals surface area (Å²) in [6, 6.07) is 8.32. The van der Waals surface area contributed by atoms with E-state index in [1.165, 1.54) is 24.9 Å². The van der Waals surface area contributed by atoms with Crippen molar-refractivity contribution in [3.8, 4) is 0 Å². The predicted octanol–water partition coefficient (Wildman–Crippen LogP) is 3.63. The molecule has 2 unspecified atom stereocenters. The van der Waals surface area contributed by atoms with Gasteiger partial charge in [0.15, 0.2) is 0 Å². The fraction of sp³-hybridized carbons (Fsp3) is 0.357. The van der Waals surface area contributed by atoms with Crippen LogP contribution in [-0.4, -0.2) is 19.2 Å². The summed E-state index contributed by atoms with van der Waals surface area (Å²) in [4.78, 5) is 10.9. The average molecular weight is 250 g/mol. The van der Waals surface area contributed by atoms with Crippen LogP contribution in [0.3, 0.4) is 0 Å². The Morgan fingerprint density at radius 1 is 1.41 bits per heavy atom. The Kier molecular flexibility index (Phi) is 5.93. The lowest BCUT2D eigenvalue weighted by molar-refractivity contribution is -0.134. The Morgan fingerprint density at radius 3 is 2.59 bits per heavy atom. The number of methoxy groups -OCH3 is 1. The van der Waals surface area contributed by atoms with Crippen LogP contribution in [0.15, 0.2) is 30.3 Å². The smallest absolute Gasteiger partial charge is 0.330 e. The molecule has 92 valence electrons. The molecule has 0 aliphatic rings. The van der Waals surface area contributed by atoms with Gasteiger partial charge in [0.05, 0.1) is 7.11 Å². The van der Waals surface area contributed by atoms with Crippen LogP contribution in [-0.2, 0) is 9.53 Å². The molecule has 1 aromatic carbocycles. The Balaban J connectivity index is 2.68. The van der Waals surface area contributed by atoms with E-state index in [9.17, 15) is 4.79 Å². The van der Waals surface area contributed by atoms with Crippen LogP contribution in [0.2, 0.25) is 0 Å². The summed E-state index contributed by atoms with van der Waals surface area (Å²) in [7, 11) is 2.35. The van der Waals surface area contributed by atoms with E-state index in [0.717, 1.165) is 14.1 Å². The van der Waals surface area contributed by atoms with Crippen molar-refractivity contribution in [2.45, 2.75) is 19.5 Å². The highest BCUT2D eigenvalue weighted by atomic mass is 31.1. The minimum Gasteiger partial charge on any atom is -0.466 e.